The predicted molar refractivity (Wildman–Crippen MR) is 96.4 cm³/mol. The molecular formula is C20H22N2O2. The summed E-state index contributed by atoms with van der Waals surface area (Å²) in [5, 5.41) is 3.24. The Hall–Kier alpha value is -2.62. The number of benzene rings is 2. The average molecular weight is 322 g/mol. The number of anilines is 2. The highest BCUT2D eigenvalue weighted by atomic mass is 16.2. The quantitative estimate of drug-likeness (QED) is 0.877. The molecule has 0 aliphatic carbocycles. The van der Waals surface area contributed by atoms with Crippen LogP contribution in [0.2, 0.25) is 0 Å². The summed E-state index contributed by atoms with van der Waals surface area (Å²) < 4.78 is 0. The summed E-state index contributed by atoms with van der Waals surface area (Å²) in [7, 11) is 0. The van der Waals surface area contributed by atoms with Crippen LogP contribution in [0.1, 0.15) is 28.7 Å². The van der Waals surface area contributed by atoms with E-state index < -0.39 is 6.04 Å². The zero-order valence-corrected chi connectivity index (χ0v) is 14.5. The molecule has 1 fully saturated rings. The van der Waals surface area contributed by atoms with Crippen LogP contribution >= 0.6 is 0 Å². The largest absolute Gasteiger partial charge is 0.373 e. The zero-order chi connectivity index (χ0) is 17.4. The summed E-state index contributed by atoms with van der Waals surface area (Å²) in [6.07, 6.45) is 0.180. The lowest BCUT2D eigenvalue weighted by Gasteiger charge is -2.20. The fraction of sp³-hybridized carbons (Fsp3) is 0.300. The normalized spacial score (nSPS) is 17.5. The second kappa shape index (κ2) is 6.11. The number of rotatable bonds is 3. The third kappa shape index (κ3) is 2.80. The second-order valence-electron chi connectivity index (χ2n) is 6.53. The molecule has 4 heteroatoms. The molecule has 1 N–H and O–H groups in total. The molecule has 2 aromatic carbocycles. The Labute approximate surface area is 142 Å². The summed E-state index contributed by atoms with van der Waals surface area (Å²) in [5.41, 5.74) is 5.73. The Kier molecular flexibility index (Phi) is 4.14. The average Bonchev–Trinajstić information content (AvgIpc) is 2.77. The Balaban J connectivity index is 1.89. The van der Waals surface area contributed by atoms with Crippen LogP contribution in [0.5, 0.6) is 0 Å². The molecule has 0 bridgehead atoms. The number of hydrogen-bond acceptors (Lipinski definition) is 3. The lowest BCUT2D eigenvalue weighted by Crippen LogP contribution is -2.35. The monoisotopic (exact) mass is 322 g/mol. The van der Waals surface area contributed by atoms with Crippen molar-refractivity contribution in [2.45, 2.75) is 40.2 Å². The predicted octanol–water partition coefficient (Wildman–Crippen LogP) is 3.66. The van der Waals surface area contributed by atoms with Gasteiger partial charge in [-0.2, -0.15) is 0 Å². The van der Waals surface area contributed by atoms with Crippen molar-refractivity contribution in [3.63, 3.8) is 0 Å². The number of imide groups is 1. The van der Waals surface area contributed by atoms with Gasteiger partial charge in [-0.3, -0.25) is 9.59 Å². The van der Waals surface area contributed by atoms with Gasteiger partial charge >= 0.3 is 0 Å². The number of nitrogens with one attached hydrogen (secondary N) is 1. The number of carbonyl (C=O) groups is 2. The molecule has 1 heterocycles. The Morgan fingerprint density at radius 1 is 0.958 bits per heavy atom. The van der Waals surface area contributed by atoms with E-state index in [0.717, 1.165) is 28.1 Å². The SMILES string of the molecule is Cc1ccc(N[C@@H]2CC(=O)N(c3c(C)cccc3C)C2=O)c(C)c1. The Bertz CT molecular complexity index is 806. The minimum atomic E-state index is -0.516. The molecule has 0 unspecified atom stereocenters. The molecule has 0 radical (unpaired) electrons. The molecule has 2 aromatic rings. The minimum absolute atomic E-state index is 0.153. The van der Waals surface area contributed by atoms with Crippen molar-refractivity contribution in [2.24, 2.45) is 0 Å². The Morgan fingerprint density at radius 3 is 2.25 bits per heavy atom. The molecule has 1 atom stereocenters. The van der Waals surface area contributed by atoms with Crippen molar-refractivity contribution >= 4 is 23.2 Å². The van der Waals surface area contributed by atoms with Crippen molar-refractivity contribution in [3.05, 3.63) is 58.7 Å². The van der Waals surface area contributed by atoms with Gasteiger partial charge in [-0.05, 0) is 50.5 Å². The molecule has 4 nitrogen and oxygen atoms in total. The third-order valence-corrected chi connectivity index (χ3v) is 4.52. The first-order valence-corrected chi connectivity index (χ1v) is 8.15. The maximum Gasteiger partial charge on any atom is 0.256 e. The third-order valence-electron chi connectivity index (χ3n) is 4.52. The van der Waals surface area contributed by atoms with Gasteiger partial charge in [0, 0.05) is 5.69 Å². The standard InChI is InChI=1S/C20H22N2O2/c1-12-8-9-16(15(4)10-12)21-17-11-18(23)22(20(17)24)19-13(2)6-5-7-14(19)3/h5-10,17,21H,11H2,1-4H3/t17-/m1/s1. The van der Waals surface area contributed by atoms with E-state index in [1.807, 2.05) is 58.0 Å². The van der Waals surface area contributed by atoms with E-state index in [9.17, 15) is 9.59 Å². The van der Waals surface area contributed by atoms with Crippen LogP contribution in [-0.4, -0.2) is 17.9 Å². The zero-order valence-electron chi connectivity index (χ0n) is 14.5. The van der Waals surface area contributed by atoms with Gasteiger partial charge in [-0.25, -0.2) is 4.90 Å². The molecule has 1 saturated heterocycles. The van der Waals surface area contributed by atoms with Crippen LogP contribution in [0.4, 0.5) is 11.4 Å². The molecule has 3 rings (SSSR count). The number of amides is 2. The van der Waals surface area contributed by atoms with Crippen molar-refractivity contribution in [1.82, 2.24) is 0 Å². The van der Waals surface area contributed by atoms with Crippen LogP contribution in [-0.2, 0) is 9.59 Å². The summed E-state index contributed by atoms with van der Waals surface area (Å²) in [5.74, 6) is -0.336. The number of aryl methyl sites for hydroxylation is 4. The molecule has 1 aliphatic heterocycles. The minimum Gasteiger partial charge on any atom is -0.373 e. The summed E-state index contributed by atoms with van der Waals surface area (Å²) in [4.78, 5) is 26.7. The molecule has 1 aliphatic rings. The first kappa shape index (κ1) is 16.2. The van der Waals surface area contributed by atoms with E-state index in [0.29, 0.717) is 0 Å². The molecule has 0 aromatic heterocycles. The van der Waals surface area contributed by atoms with Crippen LogP contribution in [0.25, 0.3) is 0 Å². The maximum atomic E-state index is 12.8. The number of hydrogen-bond donors (Lipinski definition) is 1. The van der Waals surface area contributed by atoms with Crippen molar-refractivity contribution in [1.29, 1.82) is 0 Å². The lowest BCUT2D eigenvalue weighted by atomic mass is 10.1. The molecule has 124 valence electrons. The first-order chi connectivity index (χ1) is 11.4. The van der Waals surface area contributed by atoms with E-state index in [2.05, 4.69) is 11.4 Å². The number of carbonyl (C=O) groups excluding carboxylic acids is 2. The van der Waals surface area contributed by atoms with E-state index in [-0.39, 0.29) is 18.2 Å². The molecular weight excluding hydrogens is 300 g/mol. The van der Waals surface area contributed by atoms with Gasteiger partial charge in [0.05, 0.1) is 12.1 Å². The summed E-state index contributed by atoms with van der Waals surface area (Å²) >= 11 is 0. The van der Waals surface area contributed by atoms with Gasteiger partial charge in [0.1, 0.15) is 6.04 Å². The van der Waals surface area contributed by atoms with Gasteiger partial charge < -0.3 is 5.32 Å². The van der Waals surface area contributed by atoms with E-state index in [1.54, 1.807) is 0 Å². The maximum absolute atomic E-state index is 12.8. The van der Waals surface area contributed by atoms with E-state index >= 15 is 0 Å². The van der Waals surface area contributed by atoms with Crippen LogP contribution < -0.4 is 10.2 Å². The van der Waals surface area contributed by atoms with Crippen LogP contribution in [0.15, 0.2) is 36.4 Å². The van der Waals surface area contributed by atoms with E-state index in [1.165, 1.54) is 10.5 Å². The van der Waals surface area contributed by atoms with Gasteiger partial charge in [0.15, 0.2) is 0 Å². The fourth-order valence-electron chi connectivity index (χ4n) is 3.30. The van der Waals surface area contributed by atoms with Crippen LogP contribution in [0.3, 0.4) is 0 Å². The molecule has 0 spiro atoms. The number of para-hydroxylation sites is 1. The van der Waals surface area contributed by atoms with Gasteiger partial charge in [-0.1, -0.05) is 35.9 Å². The highest BCUT2D eigenvalue weighted by Gasteiger charge is 2.40. The summed E-state index contributed by atoms with van der Waals surface area (Å²) in [6, 6.07) is 11.3. The smallest absolute Gasteiger partial charge is 0.256 e. The topological polar surface area (TPSA) is 49.4 Å². The highest BCUT2D eigenvalue weighted by molar-refractivity contribution is 6.23. The molecule has 24 heavy (non-hydrogen) atoms. The van der Waals surface area contributed by atoms with Gasteiger partial charge in [0.25, 0.3) is 5.91 Å². The lowest BCUT2D eigenvalue weighted by molar-refractivity contribution is -0.121. The van der Waals surface area contributed by atoms with Crippen molar-refractivity contribution in [2.75, 3.05) is 10.2 Å². The number of nitrogens with zero attached hydrogens (tertiary/aromatic N) is 1. The van der Waals surface area contributed by atoms with Gasteiger partial charge in [-0.15, -0.1) is 0 Å². The van der Waals surface area contributed by atoms with Crippen LogP contribution in [0, 0.1) is 27.7 Å². The van der Waals surface area contributed by atoms with Crippen molar-refractivity contribution < 1.29 is 9.59 Å². The molecule has 2 amide bonds. The van der Waals surface area contributed by atoms with Crippen molar-refractivity contribution in [3.8, 4) is 0 Å². The highest BCUT2D eigenvalue weighted by Crippen LogP contribution is 2.31. The van der Waals surface area contributed by atoms with Gasteiger partial charge in [0.2, 0.25) is 5.91 Å². The molecule has 0 saturated carbocycles. The fourth-order valence-corrected chi connectivity index (χ4v) is 3.30. The first-order valence-electron chi connectivity index (χ1n) is 8.15. The Morgan fingerprint density at radius 2 is 1.62 bits per heavy atom. The summed E-state index contributed by atoms with van der Waals surface area (Å²) in [6.45, 7) is 7.88. The second-order valence-corrected chi connectivity index (χ2v) is 6.53. The van der Waals surface area contributed by atoms with E-state index in [4.69, 9.17) is 0 Å².